The first-order chi connectivity index (χ1) is 25.2. The summed E-state index contributed by atoms with van der Waals surface area (Å²) in [6, 6.07) is 20.8. The molecule has 258 valence electrons. The normalized spacial score (nSPS) is 11.0. The van der Waals surface area contributed by atoms with E-state index in [2.05, 4.69) is 32.4 Å². The predicted octanol–water partition coefficient (Wildman–Crippen LogP) is 4.18. The largest absolute Gasteiger partial charge is 0.448 e. The molecule has 0 aliphatic rings. The average molecular weight is 693 g/mol. The Balaban J connectivity index is 1.02. The molecule has 0 radical (unpaired) electrons. The van der Waals surface area contributed by atoms with Crippen LogP contribution in [0.15, 0.2) is 94.5 Å². The Morgan fingerprint density at radius 3 is 2.54 bits per heavy atom. The van der Waals surface area contributed by atoms with Crippen LogP contribution in [0.25, 0.3) is 55.2 Å². The summed E-state index contributed by atoms with van der Waals surface area (Å²) in [7, 11) is 5.07. The molecule has 7 rings (SSSR count). The molecule has 7 aromatic rings. The summed E-state index contributed by atoms with van der Waals surface area (Å²) in [6.07, 6.45) is 5.69. The minimum absolute atomic E-state index is 0.0408. The SMILES string of the molecule is CNC(=O)CCN(C=O)c1nccc2oc(C#CCNC(=O)c3ccc(-c4cc5cccc(-c6ccc7c(c6)n(C)c(=O)n7C)c5cn4)cn3)cc12. The van der Waals surface area contributed by atoms with Crippen LogP contribution in [-0.2, 0) is 23.7 Å². The van der Waals surface area contributed by atoms with Gasteiger partial charge in [0, 0.05) is 69.7 Å². The molecule has 3 amide bonds. The predicted molar refractivity (Wildman–Crippen MR) is 197 cm³/mol. The Hall–Kier alpha value is -7.07. The molecule has 0 atom stereocenters. The topological polar surface area (TPSA) is 157 Å². The Morgan fingerprint density at radius 2 is 1.75 bits per heavy atom. The van der Waals surface area contributed by atoms with Crippen molar-refractivity contribution in [1.82, 2.24) is 34.7 Å². The van der Waals surface area contributed by atoms with Gasteiger partial charge in [-0.15, -0.1) is 0 Å². The number of anilines is 1. The number of carbonyl (C=O) groups is 3. The van der Waals surface area contributed by atoms with Crippen molar-refractivity contribution in [3.05, 3.63) is 107 Å². The van der Waals surface area contributed by atoms with Gasteiger partial charge in [-0.3, -0.25) is 38.4 Å². The van der Waals surface area contributed by atoms with Gasteiger partial charge in [0.15, 0.2) is 5.76 Å². The van der Waals surface area contributed by atoms with Crippen LogP contribution in [0.4, 0.5) is 5.82 Å². The van der Waals surface area contributed by atoms with Crippen LogP contribution >= 0.6 is 0 Å². The van der Waals surface area contributed by atoms with Crippen molar-refractivity contribution in [2.75, 3.05) is 25.0 Å². The first-order valence-corrected chi connectivity index (χ1v) is 16.3. The van der Waals surface area contributed by atoms with E-state index in [1.807, 2.05) is 48.7 Å². The molecule has 0 bridgehead atoms. The molecule has 0 saturated carbocycles. The van der Waals surface area contributed by atoms with Gasteiger partial charge in [-0.2, -0.15) is 0 Å². The van der Waals surface area contributed by atoms with Gasteiger partial charge in [0.05, 0.1) is 28.7 Å². The number of aromatic nitrogens is 5. The van der Waals surface area contributed by atoms with E-state index in [1.54, 1.807) is 53.7 Å². The van der Waals surface area contributed by atoms with Crippen molar-refractivity contribution in [2.24, 2.45) is 14.1 Å². The molecule has 52 heavy (non-hydrogen) atoms. The molecule has 0 aliphatic heterocycles. The molecule has 5 aromatic heterocycles. The Kier molecular flexibility index (Phi) is 9.03. The van der Waals surface area contributed by atoms with Gasteiger partial charge in [0.1, 0.15) is 17.1 Å². The molecule has 0 aliphatic carbocycles. The van der Waals surface area contributed by atoms with Crippen molar-refractivity contribution in [3.63, 3.8) is 0 Å². The Morgan fingerprint density at radius 1 is 0.923 bits per heavy atom. The highest BCUT2D eigenvalue weighted by atomic mass is 16.3. The molecule has 13 heteroatoms. The fraction of sp³-hybridized carbons (Fsp3) is 0.154. The second kappa shape index (κ2) is 14.0. The van der Waals surface area contributed by atoms with Crippen LogP contribution in [0, 0.1) is 11.8 Å². The maximum atomic E-state index is 12.8. The standard InChI is InChI=1S/C39H32N8O5/c1-40-36(49)14-17-47(23-48)37-29-20-27(52-35(29)13-16-41-37)7-5-15-42-38(50)31-11-9-26(21-43-31)32-18-24-6-4-8-28(30(24)22-44-32)25-10-12-33-34(19-25)46(3)39(51)45(33)2/h4,6,8-13,16,18-23H,14-15,17H2,1-3H3,(H,40,49)(H,42,50). The van der Waals surface area contributed by atoms with Gasteiger partial charge in [0.2, 0.25) is 12.3 Å². The number of nitrogens with one attached hydrogen (secondary N) is 2. The van der Waals surface area contributed by atoms with E-state index in [-0.39, 0.29) is 36.8 Å². The summed E-state index contributed by atoms with van der Waals surface area (Å²) in [5.74, 6) is 5.86. The number of hydrogen-bond acceptors (Lipinski definition) is 8. The van der Waals surface area contributed by atoms with Gasteiger partial charge in [-0.1, -0.05) is 30.2 Å². The number of carbonyl (C=O) groups excluding carboxylic acids is 3. The van der Waals surface area contributed by atoms with Crippen molar-refractivity contribution < 1.29 is 18.8 Å². The van der Waals surface area contributed by atoms with E-state index in [0.717, 1.165) is 38.5 Å². The van der Waals surface area contributed by atoms with Gasteiger partial charge >= 0.3 is 5.69 Å². The zero-order valence-electron chi connectivity index (χ0n) is 28.5. The van der Waals surface area contributed by atoms with Gasteiger partial charge in [-0.05, 0) is 58.8 Å². The first-order valence-electron chi connectivity index (χ1n) is 16.3. The molecular weight excluding hydrogens is 660 g/mol. The number of imidazole rings is 1. The van der Waals surface area contributed by atoms with E-state index in [1.165, 1.54) is 18.1 Å². The summed E-state index contributed by atoms with van der Waals surface area (Å²) < 4.78 is 9.08. The third kappa shape index (κ3) is 6.36. The number of amides is 3. The molecule has 0 spiro atoms. The molecule has 5 heterocycles. The highest BCUT2D eigenvalue weighted by Crippen LogP contribution is 2.32. The van der Waals surface area contributed by atoms with Crippen LogP contribution in [0.2, 0.25) is 0 Å². The summed E-state index contributed by atoms with van der Waals surface area (Å²) in [5, 5.41) is 7.80. The number of rotatable bonds is 9. The van der Waals surface area contributed by atoms with Crippen molar-refractivity contribution >= 4 is 56.8 Å². The van der Waals surface area contributed by atoms with Crippen LogP contribution in [-0.4, -0.2) is 62.4 Å². The summed E-state index contributed by atoms with van der Waals surface area (Å²) >= 11 is 0. The number of furan rings is 1. The van der Waals surface area contributed by atoms with Crippen LogP contribution in [0.1, 0.15) is 22.7 Å². The van der Waals surface area contributed by atoms with E-state index in [4.69, 9.17) is 9.40 Å². The molecular formula is C39H32N8O5. The number of benzene rings is 2. The Bertz CT molecular complexity index is 2640. The number of fused-ring (bicyclic) bond motifs is 3. The lowest BCUT2D eigenvalue weighted by atomic mass is 9.98. The van der Waals surface area contributed by atoms with Crippen molar-refractivity contribution in [3.8, 4) is 34.2 Å². The smallest absolute Gasteiger partial charge is 0.328 e. The van der Waals surface area contributed by atoms with Gasteiger partial charge < -0.3 is 15.1 Å². The molecule has 0 unspecified atom stereocenters. The van der Waals surface area contributed by atoms with Crippen molar-refractivity contribution in [2.45, 2.75) is 6.42 Å². The van der Waals surface area contributed by atoms with Gasteiger partial charge in [0.25, 0.3) is 5.91 Å². The summed E-state index contributed by atoms with van der Waals surface area (Å²) in [5.41, 5.74) is 5.81. The van der Waals surface area contributed by atoms with Crippen molar-refractivity contribution in [1.29, 1.82) is 0 Å². The number of hydrogen-bond donors (Lipinski definition) is 2. The second-order valence-corrected chi connectivity index (χ2v) is 12.0. The summed E-state index contributed by atoms with van der Waals surface area (Å²) in [6.45, 7) is 0.194. The maximum absolute atomic E-state index is 12.8. The maximum Gasteiger partial charge on any atom is 0.328 e. The molecule has 0 fully saturated rings. The number of nitrogens with zero attached hydrogens (tertiary/aromatic N) is 6. The van der Waals surface area contributed by atoms with E-state index < -0.39 is 5.91 Å². The third-order valence-electron chi connectivity index (χ3n) is 8.87. The first kappa shape index (κ1) is 33.4. The number of aryl methyl sites for hydroxylation is 2. The average Bonchev–Trinajstić information content (AvgIpc) is 3.70. The van der Waals surface area contributed by atoms with E-state index in [0.29, 0.717) is 34.7 Å². The highest BCUT2D eigenvalue weighted by molar-refractivity contribution is 5.99. The lowest BCUT2D eigenvalue weighted by molar-refractivity contribution is -0.120. The quantitative estimate of drug-likeness (QED) is 0.169. The lowest BCUT2D eigenvalue weighted by Crippen LogP contribution is -2.28. The molecule has 0 saturated heterocycles. The minimum Gasteiger partial charge on any atom is -0.448 e. The summed E-state index contributed by atoms with van der Waals surface area (Å²) in [4.78, 5) is 63.4. The molecule has 2 aromatic carbocycles. The Labute approximate surface area is 296 Å². The van der Waals surface area contributed by atoms with E-state index >= 15 is 0 Å². The fourth-order valence-corrected chi connectivity index (χ4v) is 6.08. The fourth-order valence-electron chi connectivity index (χ4n) is 6.08. The van der Waals surface area contributed by atoms with Crippen LogP contribution in [0.3, 0.4) is 0 Å². The lowest BCUT2D eigenvalue weighted by Gasteiger charge is -2.16. The second-order valence-electron chi connectivity index (χ2n) is 12.0. The van der Waals surface area contributed by atoms with E-state index in [9.17, 15) is 19.2 Å². The van der Waals surface area contributed by atoms with Crippen LogP contribution < -0.4 is 21.2 Å². The minimum atomic E-state index is -0.390. The zero-order valence-corrected chi connectivity index (χ0v) is 28.5. The van der Waals surface area contributed by atoms with Gasteiger partial charge in [-0.25, -0.2) is 9.78 Å². The van der Waals surface area contributed by atoms with Crippen LogP contribution in [0.5, 0.6) is 0 Å². The molecule has 2 N–H and O–H groups in total. The number of pyridine rings is 3. The molecule has 13 nitrogen and oxygen atoms in total. The highest BCUT2D eigenvalue weighted by Gasteiger charge is 2.16. The third-order valence-corrected chi connectivity index (χ3v) is 8.87. The zero-order chi connectivity index (χ0) is 36.4. The monoisotopic (exact) mass is 692 g/mol.